The third kappa shape index (κ3) is 4.93. The Hall–Kier alpha value is -0.130. The lowest BCUT2D eigenvalue weighted by atomic mass is 10.1. The molecule has 0 bridgehead atoms. The number of hydrogen-bond acceptors (Lipinski definition) is 5. The molecule has 1 N–H and O–H groups in total. The summed E-state index contributed by atoms with van der Waals surface area (Å²) in [6, 6.07) is 0. The Bertz CT molecular complexity index is 278. The quantitative estimate of drug-likeness (QED) is 0.637. The first-order valence-corrected chi connectivity index (χ1v) is 6.45. The average molecular weight is 231 g/mol. The molecule has 0 spiro atoms. The average Bonchev–Trinajstić information content (AvgIpc) is 2.44. The lowest BCUT2D eigenvalue weighted by Crippen LogP contribution is -2.37. The van der Waals surface area contributed by atoms with Crippen molar-refractivity contribution in [1.82, 2.24) is 15.5 Å². The minimum Gasteiger partial charge on any atom is -0.311 e. The van der Waals surface area contributed by atoms with Gasteiger partial charge in [0.05, 0.1) is 0 Å². The molecule has 80 valence electrons. The number of aryl methyl sites for hydroxylation is 1. The standard InChI is InChI=1S/C9H17N3S2/c1-7-11-12-8(14-7)13-6-5-10-9(2,3)4/h10H,5-6H2,1-4H3. The van der Waals surface area contributed by atoms with E-state index in [2.05, 4.69) is 36.3 Å². The lowest BCUT2D eigenvalue weighted by molar-refractivity contribution is 0.441. The maximum atomic E-state index is 4.05. The lowest BCUT2D eigenvalue weighted by Gasteiger charge is -2.19. The summed E-state index contributed by atoms with van der Waals surface area (Å²) < 4.78 is 1.07. The first-order chi connectivity index (χ1) is 6.47. The normalized spacial score (nSPS) is 12.0. The molecule has 0 radical (unpaired) electrons. The number of rotatable bonds is 4. The largest absolute Gasteiger partial charge is 0.311 e. The molecule has 1 aromatic heterocycles. The summed E-state index contributed by atoms with van der Waals surface area (Å²) in [6.07, 6.45) is 0. The van der Waals surface area contributed by atoms with E-state index in [1.54, 1.807) is 23.1 Å². The van der Waals surface area contributed by atoms with E-state index in [-0.39, 0.29) is 5.54 Å². The van der Waals surface area contributed by atoms with Gasteiger partial charge < -0.3 is 5.32 Å². The Labute approximate surface area is 93.7 Å². The van der Waals surface area contributed by atoms with Gasteiger partial charge in [-0.15, -0.1) is 10.2 Å². The first kappa shape index (κ1) is 11.9. The summed E-state index contributed by atoms with van der Waals surface area (Å²) in [5.74, 6) is 1.05. The molecule has 0 atom stereocenters. The smallest absolute Gasteiger partial charge is 0.174 e. The minimum atomic E-state index is 0.206. The maximum absolute atomic E-state index is 4.05. The molecule has 0 fully saturated rings. The van der Waals surface area contributed by atoms with Crippen LogP contribution >= 0.6 is 23.1 Å². The van der Waals surface area contributed by atoms with E-state index in [1.165, 1.54) is 0 Å². The monoisotopic (exact) mass is 231 g/mol. The van der Waals surface area contributed by atoms with Gasteiger partial charge in [0.15, 0.2) is 4.34 Å². The van der Waals surface area contributed by atoms with Crippen LogP contribution in [0.2, 0.25) is 0 Å². The Morgan fingerprint density at radius 3 is 2.57 bits per heavy atom. The van der Waals surface area contributed by atoms with Crippen LogP contribution in [0, 0.1) is 6.92 Å². The molecule has 14 heavy (non-hydrogen) atoms. The van der Waals surface area contributed by atoms with E-state index >= 15 is 0 Å². The van der Waals surface area contributed by atoms with Crippen molar-refractivity contribution in [2.24, 2.45) is 0 Å². The van der Waals surface area contributed by atoms with Crippen LogP contribution in [0.25, 0.3) is 0 Å². The van der Waals surface area contributed by atoms with Gasteiger partial charge in [-0.25, -0.2) is 0 Å². The molecule has 0 aliphatic rings. The van der Waals surface area contributed by atoms with Crippen molar-refractivity contribution in [3.05, 3.63) is 5.01 Å². The molecule has 1 heterocycles. The van der Waals surface area contributed by atoms with Crippen molar-refractivity contribution in [2.45, 2.75) is 37.6 Å². The molecule has 0 saturated heterocycles. The van der Waals surface area contributed by atoms with Crippen LogP contribution in [0.15, 0.2) is 4.34 Å². The summed E-state index contributed by atoms with van der Waals surface area (Å²) in [7, 11) is 0. The fourth-order valence-electron chi connectivity index (χ4n) is 0.901. The van der Waals surface area contributed by atoms with Gasteiger partial charge in [-0.1, -0.05) is 23.1 Å². The van der Waals surface area contributed by atoms with Crippen molar-refractivity contribution in [3.63, 3.8) is 0 Å². The zero-order chi connectivity index (χ0) is 10.6. The summed E-state index contributed by atoms with van der Waals surface area (Å²) in [5.41, 5.74) is 0.206. The first-order valence-electron chi connectivity index (χ1n) is 4.65. The Morgan fingerprint density at radius 2 is 2.07 bits per heavy atom. The molecule has 0 aliphatic carbocycles. The van der Waals surface area contributed by atoms with Gasteiger partial charge in [0, 0.05) is 17.8 Å². The van der Waals surface area contributed by atoms with Crippen LogP contribution in [-0.2, 0) is 0 Å². The number of nitrogens with one attached hydrogen (secondary N) is 1. The van der Waals surface area contributed by atoms with Gasteiger partial charge >= 0.3 is 0 Å². The second-order valence-electron chi connectivity index (χ2n) is 4.11. The van der Waals surface area contributed by atoms with Crippen LogP contribution in [0.5, 0.6) is 0 Å². The maximum Gasteiger partial charge on any atom is 0.174 e. The fourth-order valence-corrected chi connectivity index (χ4v) is 2.64. The highest BCUT2D eigenvalue weighted by molar-refractivity contribution is 8.01. The van der Waals surface area contributed by atoms with Crippen molar-refractivity contribution in [3.8, 4) is 0 Å². The van der Waals surface area contributed by atoms with Gasteiger partial charge in [-0.2, -0.15) is 0 Å². The molecule has 0 aliphatic heterocycles. The SMILES string of the molecule is Cc1nnc(SCCNC(C)(C)C)s1. The molecule has 1 aromatic rings. The highest BCUT2D eigenvalue weighted by Gasteiger charge is 2.08. The second-order valence-corrected chi connectivity index (χ2v) is 6.64. The number of thioether (sulfide) groups is 1. The van der Waals surface area contributed by atoms with Crippen LogP contribution in [0.1, 0.15) is 25.8 Å². The van der Waals surface area contributed by atoms with E-state index < -0.39 is 0 Å². The van der Waals surface area contributed by atoms with E-state index in [9.17, 15) is 0 Å². The highest BCUT2D eigenvalue weighted by atomic mass is 32.2. The van der Waals surface area contributed by atoms with Crippen molar-refractivity contribution < 1.29 is 0 Å². The summed E-state index contributed by atoms with van der Waals surface area (Å²) in [5, 5.41) is 12.5. The second kappa shape index (κ2) is 5.09. The van der Waals surface area contributed by atoms with Crippen LogP contribution < -0.4 is 5.32 Å². The third-order valence-electron chi connectivity index (χ3n) is 1.49. The zero-order valence-corrected chi connectivity index (χ0v) is 10.8. The van der Waals surface area contributed by atoms with Crippen molar-refractivity contribution in [1.29, 1.82) is 0 Å². The van der Waals surface area contributed by atoms with Gasteiger partial charge in [-0.05, 0) is 27.7 Å². The van der Waals surface area contributed by atoms with Crippen molar-refractivity contribution >= 4 is 23.1 Å². The van der Waals surface area contributed by atoms with Crippen LogP contribution in [0.4, 0.5) is 0 Å². The highest BCUT2D eigenvalue weighted by Crippen LogP contribution is 2.21. The van der Waals surface area contributed by atoms with Gasteiger partial charge in [0.2, 0.25) is 0 Å². The molecule has 3 nitrogen and oxygen atoms in total. The van der Waals surface area contributed by atoms with E-state index in [4.69, 9.17) is 0 Å². The summed E-state index contributed by atoms with van der Waals surface area (Å²) in [6.45, 7) is 9.51. The van der Waals surface area contributed by atoms with Gasteiger partial charge in [0.1, 0.15) is 5.01 Å². The number of nitrogens with zero attached hydrogens (tertiary/aromatic N) is 2. The Morgan fingerprint density at radius 1 is 1.36 bits per heavy atom. The predicted octanol–water partition coefficient (Wildman–Crippen LogP) is 2.33. The Kier molecular flexibility index (Phi) is 4.34. The summed E-state index contributed by atoms with van der Waals surface area (Å²) in [4.78, 5) is 0. The molecule has 0 saturated carbocycles. The molecular weight excluding hydrogens is 214 g/mol. The molecule has 0 amide bonds. The predicted molar refractivity (Wildman–Crippen MR) is 63.1 cm³/mol. The molecule has 1 rings (SSSR count). The molecule has 0 aromatic carbocycles. The van der Waals surface area contributed by atoms with Crippen molar-refractivity contribution in [2.75, 3.05) is 12.3 Å². The number of hydrogen-bond donors (Lipinski definition) is 1. The zero-order valence-electron chi connectivity index (χ0n) is 9.13. The van der Waals surface area contributed by atoms with E-state index in [0.29, 0.717) is 0 Å². The molecular formula is C9H17N3S2. The minimum absolute atomic E-state index is 0.206. The molecule has 5 heteroatoms. The number of aromatic nitrogens is 2. The Balaban J connectivity index is 2.16. The van der Waals surface area contributed by atoms with Crippen LogP contribution in [0.3, 0.4) is 0 Å². The molecule has 0 unspecified atom stereocenters. The van der Waals surface area contributed by atoms with E-state index in [0.717, 1.165) is 21.6 Å². The third-order valence-corrected chi connectivity index (χ3v) is 3.46. The van der Waals surface area contributed by atoms with Gasteiger partial charge in [-0.3, -0.25) is 0 Å². The topological polar surface area (TPSA) is 37.8 Å². The van der Waals surface area contributed by atoms with E-state index in [1.807, 2.05) is 6.92 Å². The fraction of sp³-hybridized carbons (Fsp3) is 0.778. The summed E-state index contributed by atoms with van der Waals surface area (Å²) >= 11 is 3.42. The van der Waals surface area contributed by atoms with Crippen LogP contribution in [-0.4, -0.2) is 28.0 Å². The van der Waals surface area contributed by atoms with Gasteiger partial charge in [0.25, 0.3) is 0 Å².